The highest BCUT2D eigenvalue weighted by Crippen LogP contribution is 2.46. The van der Waals surface area contributed by atoms with Crippen molar-refractivity contribution in [2.45, 2.75) is 131 Å². The zero-order chi connectivity index (χ0) is 46.7. The highest BCUT2D eigenvalue weighted by Gasteiger charge is 2.41. The van der Waals surface area contributed by atoms with Crippen molar-refractivity contribution < 1.29 is 46.6 Å². The smallest absolute Gasteiger partial charge is 0.335 e. The molecule has 0 spiro atoms. The number of amides is 2. The summed E-state index contributed by atoms with van der Waals surface area (Å²) < 4.78 is 49.1. The van der Waals surface area contributed by atoms with Gasteiger partial charge in [0.2, 0.25) is 5.36 Å². The van der Waals surface area contributed by atoms with E-state index in [0.29, 0.717) is 61.7 Å². The molecule has 15 nitrogen and oxygen atoms in total. The van der Waals surface area contributed by atoms with Crippen LogP contribution < -0.4 is 29.4 Å². The molecule has 3 aromatic rings. The molecule has 65 heavy (non-hydrogen) atoms. The van der Waals surface area contributed by atoms with E-state index < -0.39 is 45.4 Å². The molecule has 0 aliphatic carbocycles. The molecule has 1 atom stereocenters. The summed E-state index contributed by atoms with van der Waals surface area (Å²) in [5, 5.41) is 12.8. The third kappa shape index (κ3) is 8.64. The molecule has 348 valence electrons. The number of hydrogen-bond acceptors (Lipinski definition) is 9. The van der Waals surface area contributed by atoms with E-state index in [2.05, 4.69) is 73.8 Å². The van der Waals surface area contributed by atoms with Crippen LogP contribution >= 0.6 is 0 Å². The van der Waals surface area contributed by atoms with Crippen molar-refractivity contribution in [3.8, 4) is 11.5 Å². The van der Waals surface area contributed by atoms with Gasteiger partial charge >= 0.3 is 5.97 Å². The molecule has 0 radical (unpaired) electrons. The number of anilines is 1. The molecule has 2 fully saturated rings. The first kappa shape index (κ1) is 46.2. The van der Waals surface area contributed by atoms with E-state index in [4.69, 9.17) is 9.57 Å². The number of carbonyl (C=O) groups excluding carboxylic acids is 3. The van der Waals surface area contributed by atoms with Gasteiger partial charge in [-0.05, 0) is 82.7 Å². The van der Waals surface area contributed by atoms with Crippen molar-refractivity contribution >= 4 is 50.3 Å². The van der Waals surface area contributed by atoms with Crippen LogP contribution in [0.5, 0.6) is 11.5 Å². The summed E-state index contributed by atoms with van der Waals surface area (Å²) in [7, 11) is -4.41. The molecule has 2 saturated heterocycles. The van der Waals surface area contributed by atoms with Crippen LogP contribution in [0.2, 0.25) is 0 Å². The number of aliphatic hydroxyl groups is 1. The number of nitrogens with zero attached hydrogens (tertiary/aromatic N) is 6. The number of carbonyl (C=O) groups is 3. The summed E-state index contributed by atoms with van der Waals surface area (Å²) in [5.74, 6) is -0.159. The maximum absolute atomic E-state index is 14.4. The topological polar surface area (TPSA) is 166 Å². The number of aliphatic hydroxyl groups excluding tert-OH is 1. The number of piperidine rings is 1. The zero-order valence-corrected chi connectivity index (χ0v) is 39.8. The number of imidazole rings is 1. The van der Waals surface area contributed by atoms with Gasteiger partial charge in [0, 0.05) is 80.0 Å². The fourth-order valence-electron chi connectivity index (χ4n) is 10.6. The highest BCUT2D eigenvalue weighted by atomic mass is 32.2. The molecule has 8 rings (SSSR count). The first-order chi connectivity index (χ1) is 30.8. The molecule has 0 saturated carbocycles. The van der Waals surface area contributed by atoms with E-state index in [0.717, 1.165) is 69.7 Å². The van der Waals surface area contributed by atoms with Gasteiger partial charge in [-0.1, -0.05) is 26.3 Å². The minimum atomic E-state index is -4.41. The Morgan fingerprint density at radius 2 is 1.68 bits per heavy atom. The minimum Gasteiger partial charge on any atom is -0.456 e. The maximum Gasteiger partial charge on any atom is 0.335 e. The number of rotatable bonds is 13. The molecule has 2 N–H and O–H groups in total. The van der Waals surface area contributed by atoms with Gasteiger partial charge in [-0.15, -0.1) is 5.06 Å². The minimum absolute atomic E-state index is 0.00652. The lowest BCUT2D eigenvalue weighted by molar-refractivity contribution is -0.686. The van der Waals surface area contributed by atoms with Gasteiger partial charge in [0.05, 0.1) is 29.6 Å². The van der Waals surface area contributed by atoms with Gasteiger partial charge < -0.3 is 24.5 Å². The van der Waals surface area contributed by atoms with Crippen molar-refractivity contribution in [2.75, 3.05) is 36.8 Å². The van der Waals surface area contributed by atoms with Crippen LogP contribution in [0, 0.1) is 5.92 Å². The van der Waals surface area contributed by atoms with E-state index in [9.17, 15) is 32.5 Å². The Kier molecular flexibility index (Phi) is 12.4. The van der Waals surface area contributed by atoms with Crippen molar-refractivity contribution in [2.24, 2.45) is 5.92 Å². The normalized spacial score (nSPS) is 20.1. The number of hydroxylamine groups is 2. The average molecular weight is 913 g/mol. The van der Waals surface area contributed by atoms with Crippen LogP contribution in [0.25, 0.3) is 16.7 Å². The molecule has 0 bridgehead atoms. The number of unbranched alkanes of at least 4 members (excludes halogenated alkanes) is 1. The SMILES string of the molecule is CCCCn1cc[n+](CC(=O)N2CCC(C(=O)ON3C(=O)CCC3O)CC2)c1C1=c2cc3c(cc2Oc2cc4c(cc21)C(CS(=O)(=O)O)=CC(C)(C)N4CC)=[N+](CC)C(C)(C)C=C3CC. The second kappa shape index (κ2) is 17.5. The highest BCUT2D eigenvalue weighted by molar-refractivity contribution is 7.86. The number of likely N-dealkylation sites (tertiary alicyclic amines) is 1. The number of fused-ring (bicyclic) bond motifs is 4. The van der Waals surface area contributed by atoms with Crippen LogP contribution in [0.15, 0.2) is 48.8 Å². The first-order valence-electron chi connectivity index (χ1n) is 23.2. The number of likely N-dealkylation sites (N-methyl/N-ethyl adjacent to an activating group) is 2. The Morgan fingerprint density at radius 1 is 0.938 bits per heavy atom. The van der Waals surface area contributed by atoms with Crippen LogP contribution in [-0.2, 0) is 42.4 Å². The van der Waals surface area contributed by atoms with Crippen molar-refractivity contribution in [3.05, 3.63) is 81.9 Å². The number of aromatic nitrogens is 2. The second-order valence-electron chi connectivity index (χ2n) is 19.0. The summed E-state index contributed by atoms with van der Waals surface area (Å²) >= 11 is 0. The van der Waals surface area contributed by atoms with Crippen LogP contribution in [-0.4, -0.2) is 99.6 Å². The summed E-state index contributed by atoms with van der Waals surface area (Å²) in [6.45, 7) is 19.7. The monoisotopic (exact) mass is 912 g/mol. The number of hydrogen-bond donors (Lipinski definition) is 2. The Balaban J connectivity index is 1.28. The summed E-state index contributed by atoms with van der Waals surface area (Å²) in [5.41, 5.74) is 5.03. The first-order valence-corrected chi connectivity index (χ1v) is 24.8. The Morgan fingerprint density at radius 3 is 2.31 bits per heavy atom. The third-order valence-corrected chi connectivity index (χ3v) is 14.5. The van der Waals surface area contributed by atoms with E-state index >= 15 is 0 Å². The molecule has 16 heteroatoms. The zero-order valence-electron chi connectivity index (χ0n) is 39.0. The van der Waals surface area contributed by atoms with Crippen molar-refractivity contribution in [1.82, 2.24) is 19.1 Å². The molecule has 5 aliphatic rings. The summed E-state index contributed by atoms with van der Waals surface area (Å²) in [6, 6.07) is 8.36. The molecular formula is C49H64N6O9S+2. The molecule has 2 aromatic carbocycles. The van der Waals surface area contributed by atoms with Crippen molar-refractivity contribution in [1.29, 1.82) is 0 Å². The summed E-state index contributed by atoms with van der Waals surface area (Å²) in [4.78, 5) is 48.9. The number of allylic oxidation sites excluding steroid dienone is 1. The number of benzene rings is 2. The van der Waals surface area contributed by atoms with E-state index in [1.54, 1.807) is 4.90 Å². The van der Waals surface area contributed by atoms with Crippen LogP contribution in [0.4, 0.5) is 5.69 Å². The summed E-state index contributed by atoms with van der Waals surface area (Å²) in [6.07, 6.45) is 10.7. The Labute approximate surface area is 381 Å². The average Bonchev–Trinajstić information content (AvgIpc) is 3.79. The standard InChI is InChI=1S/C49H63N6O9S/c1-9-13-18-51-21-22-52(29-44(58)50-19-16-32(17-20-50)47(59)64-55-42(56)14-15-43(55)57)46(51)45-36-23-34-31(10-2)27-48(5,6)53(11-3)38(34)25-40(36)63-41-26-39-35(24-37(41)45)33(30-65(60,61)62)28-49(7,8)54(39)12-4/h21-28,32,42,56H,9-20,29-30H2,1-8H3/q+1/p+1. The lowest BCUT2D eigenvalue weighted by Gasteiger charge is -2.43. The molecule has 2 amide bonds. The molecule has 1 aromatic heterocycles. The Bertz CT molecular complexity index is 2760. The Hall–Kier alpha value is -5.32. The predicted molar refractivity (Wildman–Crippen MR) is 246 cm³/mol. The van der Waals surface area contributed by atoms with Gasteiger partial charge in [0.1, 0.15) is 36.2 Å². The molecular weight excluding hydrogens is 849 g/mol. The molecule has 6 heterocycles. The molecule has 1 unspecified atom stereocenters. The van der Waals surface area contributed by atoms with E-state index in [1.165, 1.54) is 5.57 Å². The third-order valence-electron chi connectivity index (χ3n) is 13.8. The lowest BCUT2D eigenvalue weighted by Crippen LogP contribution is -2.50. The van der Waals surface area contributed by atoms with E-state index in [1.807, 2.05) is 49.0 Å². The fraction of sp³-hybridized carbons (Fsp3) is 0.531. The van der Waals surface area contributed by atoms with Crippen LogP contribution in [0.1, 0.15) is 123 Å². The molecule has 5 aliphatic heterocycles. The van der Waals surface area contributed by atoms with Crippen molar-refractivity contribution in [3.63, 3.8) is 0 Å². The van der Waals surface area contributed by atoms with Crippen LogP contribution in [0.3, 0.4) is 0 Å². The van der Waals surface area contributed by atoms with Gasteiger partial charge in [-0.3, -0.25) is 14.1 Å². The second-order valence-corrected chi connectivity index (χ2v) is 20.5. The largest absolute Gasteiger partial charge is 0.456 e. The van der Waals surface area contributed by atoms with Gasteiger partial charge in [0.15, 0.2) is 18.3 Å². The number of ether oxygens (including phenoxy) is 1. The van der Waals surface area contributed by atoms with Gasteiger partial charge in [-0.2, -0.15) is 8.42 Å². The predicted octanol–water partition coefficient (Wildman–Crippen LogP) is 4.55. The quantitative estimate of drug-likeness (QED) is 0.144. The lowest BCUT2D eigenvalue weighted by atomic mass is 9.85. The number of aryl methyl sites for hydroxylation is 1. The maximum atomic E-state index is 14.4. The van der Waals surface area contributed by atoms with E-state index in [-0.39, 0.29) is 30.8 Å². The fourth-order valence-corrected chi connectivity index (χ4v) is 11.3. The van der Waals surface area contributed by atoms with Gasteiger partial charge in [-0.25, -0.2) is 18.5 Å². The van der Waals surface area contributed by atoms with Gasteiger partial charge in [0.25, 0.3) is 27.8 Å².